The largest absolute Gasteiger partial charge is 0.481 e. The van der Waals surface area contributed by atoms with Crippen LogP contribution in [-0.2, 0) is 11.3 Å². The van der Waals surface area contributed by atoms with Crippen LogP contribution < -0.4 is 0 Å². The number of carbonyl (C=O) groups excluding carboxylic acids is 1. The first-order valence-electron chi connectivity index (χ1n) is 6.29. The molecule has 0 spiro atoms. The number of hydrogen-bond donors (Lipinski definition) is 2. The number of urea groups is 1. The Morgan fingerprint density at radius 3 is 2.79 bits per heavy atom. The zero-order chi connectivity index (χ0) is 13.8. The van der Waals surface area contributed by atoms with Gasteiger partial charge in [0, 0.05) is 32.0 Å². The van der Waals surface area contributed by atoms with E-state index in [1.807, 2.05) is 0 Å². The van der Waals surface area contributed by atoms with Crippen molar-refractivity contribution in [2.45, 2.75) is 31.8 Å². The Labute approximate surface area is 111 Å². The fraction of sp³-hybridized carbons (Fsp3) is 0.583. The number of carboxylic acid groups (broad SMARTS) is 1. The molecule has 2 N–H and O–H groups in total. The number of nitrogens with one attached hydrogen (secondary N) is 1. The highest BCUT2D eigenvalue weighted by Gasteiger charge is 2.34. The number of hydrogen-bond acceptors (Lipinski definition) is 3. The lowest BCUT2D eigenvalue weighted by Crippen LogP contribution is -2.43. The quantitative estimate of drug-likeness (QED) is 0.800. The lowest BCUT2D eigenvalue weighted by Gasteiger charge is -2.27. The SMILES string of the molecule is CN(Cc1ncc[nH]1)C(=O)N(CCC(=O)O)C1CC1. The van der Waals surface area contributed by atoms with Gasteiger partial charge in [0.2, 0.25) is 0 Å². The van der Waals surface area contributed by atoms with Crippen molar-refractivity contribution in [3.63, 3.8) is 0 Å². The minimum Gasteiger partial charge on any atom is -0.481 e. The Bertz CT molecular complexity index is 442. The van der Waals surface area contributed by atoms with Gasteiger partial charge in [0.05, 0.1) is 13.0 Å². The van der Waals surface area contributed by atoms with Crippen LogP contribution in [0.3, 0.4) is 0 Å². The number of carbonyl (C=O) groups is 2. The van der Waals surface area contributed by atoms with Gasteiger partial charge in [0.1, 0.15) is 5.82 Å². The number of aromatic amines is 1. The molecule has 1 saturated carbocycles. The molecule has 1 aliphatic carbocycles. The van der Waals surface area contributed by atoms with Crippen molar-refractivity contribution in [2.75, 3.05) is 13.6 Å². The van der Waals surface area contributed by atoms with Gasteiger partial charge in [-0.15, -0.1) is 0 Å². The molecule has 1 aliphatic rings. The van der Waals surface area contributed by atoms with Gasteiger partial charge >= 0.3 is 12.0 Å². The molecule has 7 nitrogen and oxygen atoms in total. The molecule has 0 atom stereocenters. The van der Waals surface area contributed by atoms with E-state index in [1.165, 1.54) is 0 Å². The minimum absolute atomic E-state index is 0.0170. The maximum Gasteiger partial charge on any atom is 0.320 e. The number of amides is 2. The number of aromatic nitrogens is 2. The number of imidazole rings is 1. The van der Waals surface area contributed by atoms with Crippen LogP contribution >= 0.6 is 0 Å². The molecule has 104 valence electrons. The lowest BCUT2D eigenvalue weighted by molar-refractivity contribution is -0.137. The molecule has 0 saturated heterocycles. The van der Waals surface area contributed by atoms with E-state index < -0.39 is 5.97 Å². The monoisotopic (exact) mass is 266 g/mol. The van der Waals surface area contributed by atoms with Crippen molar-refractivity contribution in [3.8, 4) is 0 Å². The summed E-state index contributed by atoms with van der Waals surface area (Å²) in [6.07, 6.45) is 5.24. The summed E-state index contributed by atoms with van der Waals surface area (Å²) in [5.74, 6) is -0.169. The van der Waals surface area contributed by atoms with E-state index in [0.717, 1.165) is 12.8 Å². The van der Waals surface area contributed by atoms with Crippen LogP contribution in [-0.4, -0.2) is 56.5 Å². The molecule has 0 radical (unpaired) electrons. The van der Waals surface area contributed by atoms with Gasteiger partial charge in [-0.2, -0.15) is 0 Å². The fourth-order valence-electron chi connectivity index (χ4n) is 1.93. The molecule has 2 amide bonds. The minimum atomic E-state index is -0.882. The van der Waals surface area contributed by atoms with Crippen LogP contribution in [0, 0.1) is 0 Å². The Hall–Kier alpha value is -2.05. The molecule has 1 aromatic rings. The summed E-state index contributed by atoms with van der Waals surface area (Å²) in [6.45, 7) is 0.656. The average Bonchev–Trinajstić information content (AvgIpc) is 3.06. The highest BCUT2D eigenvalue weighted by molar-refractivity contribution is 5.76. The molecule has 1 fully saturated rings. The molecule has 2 rings (SSSR count). The molecule has 0 aliphatic heterocycles. The van der Waals surface area contributed by atoms with E-state index in [1.54, 1.807) is 29.2 Å². The van der Waals surface area contributed by atoms with Gasteiger partial charge in [0.15, 0.2) is 0 Å². The van der Waals surface area contributed by atoms with Gasteiger partial charge in [-0.1, -0.05) is 0 Å². The number of H-pyrrole nitrogens is 1. The van der Waals surface area contributed by atoms with E-state index in [9.17, 15) is 9.59 Å². The van der Waals surface area contributed by atoms with Gasteiger partial charge in [-0.25, -0.2) is 9.78 Å². The zero-order valence-electron chi connectivity index (χ0n) is 10.9. The van der Waals surface area contributed by atoms with Crippen LogP contribution in [0.15, 0.2) is 12.4 Å². The summed E-state index contributed by atoms with van der Waals surface area (Å²) in [7, 11) is 1.70. The number of rotatable bonds is 6. The molecule has 0 unspecified atom stereocenters. The molecule has 19 heavy (non-hydrogen) atoms. The number of nitrogens with zero attached hydrogens (tertiary/aromatic N) is 3. The topological polar surface area (TPSA) is 89.5 Å². The molecule has 0 bridgehead atoms. The molecular formula is C12H18N4O3. The average molecular weight is 266 g/mol. The van der Waals surface area contributed by atoms with Crippen molar-refractivity contribution >= 4 is 12.0 Å². The summed E-state index contributed by atoms with van der Waals surface area (Å²) in [5, 5.41) is 8.73. The molecule has 7 heteroatoms. The molecular weight excluding hydrogens is 248 g/mol. The van der Waals surface area contributed by atoms with Crippen LogP contribution in [0.5, 0.6) is 0 Å². The summed E-state index contributed by atoms with van der Waals surface area (Å²) in [4.78, 5) is 33.1. The van der Waals surface area contributed by atoms with E-state index in [4.69, 9.17) is 5.11 Å². The van der Waals surface area contributed by atoms with Gasteiger partial charge in [-0.3, -0.25) is 4.79 Å². The smallest absolute Gasteiger partial charge is 0.320 e. The van der Waals surface area contributed by atoms with Gasteiger partial charge < -0.3 is 19.9 Å². The van der Waals surface area contributed by atoms with Crippen LogP contribution in [0.4, 0.5) is 4.79 Å². The maximum atomic E-state index is 12.3. The molecule has 1 aromatic heterocycles. The van der Waals surface area contributed by atoms with Crippen molar-refractivity contribution in [1.29, 1.82) is 0 Å². The third kappa shape index (κ3) is 3.70. The Morgan fingerprint density at radius 1 is 1.53 bits per heavy atom. The van der Waals surface area contributed by atoms with Gasteiger partial charge in [-0.05, 0) is 12.8 Å². The first-order valence-corrected chi connectivity index (χ1v) is 6.29. The first kappa shape index (κ1) is 13.4. The Balaban J connectivity index is 1.92. The third-order valence-electron chi connectivity index (χ3n) is 3.07. The second-order valence-electron chi connectivity index (χ2n) is 4.74. The van der Waals surface area contributed by atoms with E-state index in [-0.39, 0.29) is 25.0 Å². The maximum absolute atomic E-state index is 12.3. The Morgan fingerprint density at radius 2 is 2.26 bits per heavy atom. The van der Waals surface area contributed by atoms with Crippen molar-refractivity contribution < 1.29 is 14.7 Å². The van der Waals surface area contributed by atoms with Gasteiger partial charge in [0.25, 0.3) is 0 Å². The van der Waals surface area contributed by atoms with E-state index in [2.05, 4.69) is 9.97 Å². The molecule has 1 heterocycles. The van der Waals surface area contributed by atoms with Crippen LogP contribution in [0.1, 0.15) is 25.1 Å². The predicted molar refractivity (Wildman–Crippen MR) is 67.4 cm³/mol. The third-order valence-corrected chi connectivity index (χ3v) is 3.07. The summed E-state index contributed by atoms with van der Waals surface area (Å²) in [6, 6.07) is 0.0612. The zero-order valence-corrected chi connectivity index (χ0v) is 10.9. The highest BCUT2D eigenvalue weighted by atomic mass is 16.4. The number of aliphatic carboxylic acids is 1. The first-order chi connectivity index (χ1) is 9.08. The Kier molecular flexibility index (Phi) is 4.03. The second kappa shape index (κ2) is 5.73. The molecule has 0 aromatic carbocycles. The van der Waals surface area contributed by atoms with Crippen LogP contribution in [0.25, 0.3) is 0 Å². The number of carboxylic acids is 1. The summed E-state index contributed by atoms with van der Waals surface area (Å²) < 4.78 is 0. The van der Waals surface area contributed by atoms with Crippen molar-refractivity contribution in [1.82, 2.24) is 19.8 Å². The van der Waals surface area contributed by atoms with Crippen molar-refractivity contribution in [2.24, 2.45) is 0 Å². The van der Waals surface area contributed by atoms with Crippen LogP contribution in [0.2, 0.25) is 0 Å². The highest BCUT2D eigenvalue weighted by Crippen LogP contribution is 2.27. The fourth-order valence-corrected chi connectivity index (χ4v) is 1.93. The lowest BCUT2D eigenvalue weighted by atomic mass is 10.3. The normalized spacial score (nSPS) is 14.2. The standard InChI is InChI=1S/C12H18N4O3/c1-15(8-10-13-5-6-14-10)12(19)16(9-2-3-9)7-4-11(17)18/h5-6,9H,2-4,7-8H2,1H3,(H,13,14)(H,17,18). The summed E-state index contributed by atoms with van der Waals surface area (Å²) in [5.41, 5.74) is 0. The second-order valence-corrected chi connectivity index (χ2v) is 4.74. The van der Waals surface area contributed by atoms with Crippen molar-refractivity contribution in [3.05, 3.63) is 18.2 Å². The van der Waals surface area contributed by atoms with E-state index >= 15 is 0 Å². The van der Waals surface area contributed by atoms with E-state index in [0.29, 0.717) is 12.4 Å². The predicted octanol–water partition coefficient (Wildman–Crippen LogP) is 0.901. The summed E-state index contributed by atoms with van der Waals surface area (Å²) >= 11 is 0.